The first-order valence-corrected chi connectivity index (χ1v) is 8.31. The Hall–Kier alpha value is -0.120. The largest absolute Gasteiger partial charge is 0.312 e. The summed E-state index contributed by atoms with van der Waals surface area (Å²) >= 11 is 0. The first-order chi connectivity index (χ1) is 9.19. The fourth-order valence-electron chi connectivity index (χ4n) is 3.26. The van der Waals surface area contributed by atoms with Crippen LogP contribution in [0.2, 0.25) is 0 Å². The number of hydrogen-bond acceptors (Lipinski definition) is 3. The summed E-state index contributed by atoms with van der Waals surface area (Å²) in [7, 11) is 4.34. The van der Waals surface area contributed by atoms with Crippen LogP contribution < -0.4 is 5.32 Å². The van der Waals surface area contributed by atoms with Crippen LogP contribution in [0.5, 0.6) is 0 Å². The summed E-state index contributed by atoms with van der Waals surface area (Å²) < 4.78 is 0. The van der Waals surface area contributed by atoms with Gasteiger partial charge in [-0.25, -0.2) is 0 Å². The fraction of sp³-hybridized carbons (Fsp3) is 1.00. The Balaban J connectivity index is 2.44. The first-order valence-electron chi connectivity index (χ1n) is 8.31. The van der Waals surface area contributed by atoms with Crippen LogP contribution in [0, 0.1) is 0 Å². The van der Waals surface area contributed by atoms with Gasteiger partial charge >= 0.3 is 0 Å². The number of hydrogen-bond donors (Lipinski definition) is 1. The van der Waals surface area contributed by atoms with Crippen molar-refractivity contribution in [2.75, 3.05) is 40.3 Å². The monoisotopic (exact) mass is 269 g/mol. The van der Waals surface area contributed by atoms with E-state index in [0.717, 1.165) is 12.1 Å². The summed E-state index contributed by atoms with van der Waals surface area (Å²) in [6.07, 6.45) is 8.12. The van der Waals surface area contributed by atoms with E-state index < -0.39 is 0 Å². The van der Waals surface area contributed by atoms with Gasteiger partial charge in [-0.2, -0.15) is 0 Å². The molecule has 3 heteroatoms. The fourth-order valence-corrected chi connectivity index (χ4v) is 3.26. The van der Waals surface area contributed by atoms with Crippen LogP contribution in [-0.4, -0.2) is 62.2 Å². The molecule has 0 aromatic rings. The van der Waals surface area contributed by atoms with Crippen molar-refractivity contribution in [2.45, 2.75) is 64.5 Å². The van der Waals surface area contributed by atoms with Gasteiger partial charge in [0.05, 0.1) is 0 Å². The molecular weight excluding hydrogens is 234 g/mol. The molecule has 1 N–H and O–H groups in total. The lowest BCUT2D eigenvalue weighted by atomic mass is 9.89. The van der Waals surface area contributed by atoms with E-state index in [0.29, 0.717) is 0 Å². The SMILES string of the molecule is CCCNC1CCCCC1N(CC)CCCN(C)C. The van der Waals surface area contributed by atoms with Gasteiger partial charge in [-0.05, 0) is 66.0 Å². The number of rotatable bonds is 9. The third-order valence-corrected chi connectivity index (χ3v) is 4.31. The molecule has 1 fully saturated rings. The maximum Gasteiger partial charge on any atom is 0.0249 e. The second-order valence-electron chi connectivity index (χ2n) is 6.20. The highest BCUT2D eigenvalue weighted by molar-refractivity contribution is 4.88. The average molecular weight is 269 g/mol. The van der Waals surface area contributed by atoms with E-state index in [1.54, 1.807) is 0 Å². The molecule has 114 valence electrons. The Bertz CT molecular complexity index is 218. The molecule has 2 atom stereocenters. The highest BCUT2D eigenvalue weighted by atomic mass is 15.2. The van der Waals surface area contributed by atoms with Gasteiger partial charge in [0.2, 0.25) is 0 Å². The minimum absolute atomic E-state index is 0.730. The van der Waals surface area contributed by atoms with Crippen LogP contribution in [0.25, 0.3) is 0 Å². The predicted octanol–water partition coefficient (Wildman–Crippen LogP) is 2.57. The third kappa shape index (κ3) is 6.24. The Morgan fingerprint density at radius 1 is 1.05 bits per heavy atom. The van der Waals surface area contributed by atoms with Crippen molar-refractivity contribution in [1.82, 2.24) is 15.1 Å². The number of likely N-dealkylation sites (N-methyl/N-ethyl adjacent to an activating group) is 1. The summed E-state index contributed by atoms with van der Waals surface area (Å²) in [5, 5.41) is 3.78. The topological polar surface area (TPSA) is 18.5 Å². The summed E-state index contributed by atoms with van der Waals surface area (Å²) in [5.41, 5.74) is 0. The summed E-state index contributed by atoms with van der Waals surface area (Å²) in [6, 6.07) is 1.50. The molecule has 0 amide bonds. The van der Waals surface area contributed by atoms with E-state index >= 15 is 0 Å². The van der Waals surface area contributed by atoms with E-state index in [2.05, 4.69) is 43.1 Å². The van der Waals surface area contributed by atoms with Crippen LogP contribution in [-0.2, 0) is 0 Å². The molecule has 0 radical (unpaired) electrons. The summed E-state index contributed by atoms with van der Waals surface area (Å²) in [5.74, 6) is 0. The highest BCUT2D eigenvalue weighted by Crippen LogP contribution is 2.23. The van der Waals surface area contributed by atoms with Gasteiger partial charge < -0.3 is 10.2 Å². The van der Waals surface area contributed by atoms with Crippen molar-refractivity contribution < 1.29 is 0 Å². The molecule has 1 saturated carbocycles. The van der Waals surface area contributed by atoms with Crippen molar-refractivity contribution in [1.29, 1.82) is 0 Å². The second-order valence-corrected chi connectivity index (χ2v) is 6.20. The van der Waals surface area contributed by atoms with Crippen LogP contribution in [0.15, 0.2) is 0 Å². The number of nitrogens with zero attached hydrogens (tertiary/aromatic N) is 2. The first kappa shape index (κ1) is 16.9. The standard InChI is InChI=1S/C16H35N3/c1-5-12-17-15-10-7-8-11-16(15)19(6-2)14-9-13-18(3)4/h15-17H,5-14H2,1-4H3. The van der Waals surface area contributed by atoms with Crippen LogP contribution >= 0.6 is 0 Å². The zero-order chi connectivity index (χ0) is 14.1. The van der Waals surface area contributed by atoms with Gasteiger partial charge in [-0.15, -0.1) is 0 Å². The van der Waals surface area contributed by atoms with E-state index in [1.807, 2.05) is 0 Å². The molecule has 1 aliphatic carbocycles. The maximum atomic E-state index is 3.78. The second kappa shape index (κ2) is 9.73. The molecule has 0 saturated heterocycles. The quantitative estimate of drug-likeness (QED) is 0.694. The van der Waals surface area contributed by atoms with Gasteiger partial charge in [-0.3, -0.25) is 4.90 Å². The maximum absolute atomic E-state index is 3.78. The van der Waals surface area contributed by atoms with Gasteiger partial charge in [-0.1, -0.05) is 26.7 Å². The van der Waals surface area contributed by atoms with E-state index in [-0.39, 0.29) is 0 Å². The molecule has 2 unspecified atom stereocenters. The van der Waals surface area contributed by atoms with Crippen molar-refractivity contribution >= 4 is 0 Å². The minimum Gasteiger partial charge on any atom is -0.312 e. The Kier molecular flexibility index (Phi) is 8.67. The van der Waals surface area contributed by atoms with Crippen molar-refractivity contribution in [3.05, 3.63) is 0 Å². The lowest BCUT2D eigenvalue weighted by Gasteiger charge is -2.40. The minimum atomic E-state index is 0.730. The molecule has 0 aromatic carbocycles. The third-order valence-electron chi connectivity index (χ3n) is 4.31. The van der Waals surface area contributed by atoms with E-state index in [4.69, 9.17) is 0 Å². The highest BCUT2D eigenvalue weighted by Gasteiger charge is 2.28. The molecule has 0 aromatic heterocycles. The van der Waals surface area contributed by atoms with Crippen LogP contribution in [0.4, 0.5) is 0 Å². The van der Waals surface area contributed by atoms with Crippen LogP contribution in [0.3, 0.4) is 0 Å². The van der Waals surface area contributed by atoms with Crippen molar-refractivity contribution in [3.63, 3.8) is 0 Å². The molecule has 0 aliphatic heterocycles. The lowest BCUT2D eigenvalue weighted by Crippen LogP contribution is -2.52. The van der Waals surface area contributed by atoms with E-state index in [1.165, 1.54) is 64.7 Å². The molecule has 0 bridgehead atoms. The van der Waals surface area contributed by atoms with Gasteiger partial charge in [0.15, 0.2) is 0 Å². The molecule has 0 heterocycles. The molecule has 3 nitrogen and oxygen atoms in total. The normalized spacial score (nSPS) is 24.3. The Morgan fingerprint density at radius 2 is 1.79 bits per heavy atom. The zero-order valence-corrected chi connectivity index (χ0v) is 13.6. The molecule has 1 rings (SSSR count). The predicted molar refractivity (Wildman–Crippen MR) is 84.8 cm³/mol. The van der Waals surface area contributed by atoms with Crippen LogP contribution in [0.1, 0.15) is 52.4 Å². The average Bonchev–Trinajstić information content (AvgIpc) is 2.41. The number of nitrogens with one attached hydrogen (secondary N) is 1. The molecular formula is C16H35N3. The van der Waals surface area contributed by atoms with Gasteiger partial charge in [0.1, 0.15) is 0 Å². The Labute approximate surface area is 120 Å². The van der Waals surface area contributed by atoms with Crippen molar-refractivity contribution in [3.8, 4) is 0 Å². The molecule has 0 spiro atoms. The smallest absolute Gasteiger partial charge is 0.0249 e. The van der Waals surface area contributed by atoms with Gasteiger partial charge in [0.25, 0.3) is 0 Å². The Morgan fingerprint density at radius 3 is 2.42 bits per heavy atom. The lowest BCUT2D eigenvalue weighted by molar-refractivity contribution is 0.123. The summed E-state index contributed by atoms with van der Waals surface area (Å²) in [4.78, 5) is 5.01. The molecule has 1 aliphatic rings. The van der Waals surface area contributed by atoms with Gasteiger partial charge in [0, 0.05) is 12.1 Å². The molecule has 19 heavy (non-hydrogen) atoms. The van der Waals surface area contributed by atoms with Crippen molar-refractivity contribution in [2.24, 2.45) is 0 Å². The zero-order valence-electron chi connectivity index (χ0n) is 13.6. The van der Waals surface area contributed by atoms with E-state index in [9.17, 15) is 0 Å². The summed E-state index contributed by atoms with van der Waals surface area (Å²) in [6.45, 7) is 9.42.